The van der Waals surface area contributed by atoms with E-state index >= 15 is 0 Å². The van der Waals surface area contributed by atoms with E-state index in [1.807, 2.05) is 12.2 Å². The average Bonchev–Trinajstić information content (AvgIpc) is 3.00. The third-order valence-electron chi connectivity index (χ3n) is 4.08. The van der Waals surface area contributed by atoms with Crippen molar-refractivity contribution in [2.45, 2.75) is 83.7 Å². The SMILES string of the molecule is CCCCCC(O)/C=C/c1ccc(CCCCCCCC(=O)O)s1. The lowest BCUT2D eigenvalue weighted by Gasteiger charge is -2.03. The zero-order valence-electron chi connectivity index (χ0n) is 14.9. The van der Waals surface area contributed by atoms with Crippen LogP contribution in [0.15, 0.2) is 18.2 Å². The fourth-order valence-corrected chi connectivity index (χ4v) is 3.60. The van der Waals surface area contributed by atoms with Crippen LogP contribution >= 0.6 is 11.3 Å². The summed E-state index contributed by atoms with van der Waals surface area (Å²) in [5, 5.41) is 18.5. The second-order valence-corrected chi connectivity index (χ2v) is 7.59. The first-order chi connectivity index (χ1) is 11.6. The second kappa shape index (κ2) is 13.2. The molecule has 2 N–H and O–H groups in total. The van der Waals surface area contributed by atoms with Crippen LogP contribution in [0.25, 0.3) is 6.08 Å². The van der Waals surface area contributed by atoms with Gasteiger partial charge in [-0.15, -0.1) is 11.3 Å². The van der Waals surface area contributed by atoms with Crippen LogP contribution in [-0.4, -0.2) is 22.3 Å². The standard InChI is InChI=1S/C20H32O3S/c1-2-3-7-10-17(21)13-14-19-16-15-18(24-19)11-8-5-4-6-9-12-20(22)23/h13-17,21H,2-12H2,1H3,(H,22,23)/b14-13+. The predicted octanol–water partition coefficient (Wildman–Crippen LogP) is 5.67. The van der Waals surface area contributed by atoms with Gasteiger partial charge in [0, 0.05) is 16.2 Å². The van der Waals surface area contributed by atoms with Crippen molar-refractivity contribution in [2.75, 3.05) is 0 Å². The van der Waals surface area contributed by atoms with Crippen LogP contribution in [0, 0.1) is 0 Å². The maximum atomic E-state index is 10.4. The number of rotatable bonds is 14. The number of carboxylic acids is 1. The molecule has 0 aliphatic rings. The molecule has 1 aromatic rings. The molecule has 0 fully saturated rings. The van der Waals surface area contributed by atoms with Crippen molar-refractivity contribution in [3.8, 4) is 0 Å². The Bertz CT molecular complexity index is 479. The Morgan fingerprint density at radius 3 is 2.62 bits per heavy atom. The molecule has 0 aromatic carbocycles. The molecule has 1 unspecified atom stereocenters. The van der Waals surface area contributed by atoms with Crippen molar-refractivity contribution in [3.63, 3.8) is 0 Å². The molecule has 0 saturated carbocycles. The van der Waals surface area contributed by atoms with Gasteiger partial charge >= 0.3 is 5.97 Å². The molecule has 0 saturated heterocycles. The quantitative estimate of drug-likeness (QED) is 0.424. The van der Waals surface area contributed by atoms with Gasteiger partial charge in [-0.3, -0.25) is 4.79 Å². The lowest BCUT2D eigenvalue weighted by atomic mass is 10.1. The van der Waals surface area contributed by atoms with E-state index in [0.717, 1.165) is 44.9 Å². The number of aryl methyl sites for hydroxylation is 1. The highest BCUT2D eigenvalue weighted by Gasteiger charge is 2.01. The molecule has 0 spiro atoms. The minimum atomic E-state index is -0.690. The third kappa shape index (κ3) is 10.6. The summed E-state index contributed by atoms with van der Waals surface area (Å²) in [4.78, 5) is 13.0. The van der Waals surface area contributed by atoms with E-state index in [2.05, 4.69) is 19.1 Å². The molecule has 0 aliphatic heterocycles. The highest BCUT2D eigenvalue weighted by atomic mass is 32.1. The van der Waals surface area contributed by atoms with Crippen molar-refractivity contribution in [1.82, 2.24) is 0 Å². The summed E-state index contributed by atoms with van der Waals surface area (Å²) in [5.41, 5.74) is 0. The van der Waals surface area contributed by atoms with Gasteiger partial charge in [-0.05, 0) is 43.9 Å². The van der Waals surface area contributed by atoms with Crippen LogP contribution in [0.3, 0.4) is 0 Å². The molecule has 1 heterocycles. The Morgan fingerprint density at radius 2 is 1.88 bits per heavy atom. The van der Waals surface area contributed by atoms with Crippen molar-refractivity contribution < 1.29 is 15.0 Å². The monoisotopic (exact) mass is 352 g/mol. The molecule has 136 valence electrons. The van der Waals surface area contributed by atoms with Crippen LogP contribution in [0.5, 0.6) is 0 Å². The maximum Gasteiger partial charge on any atom is 0.303 e. The second-order valence-electron chi connectivity index (χ2n) is 6.39. The highest BCUT2D eigenvalue weighted by molar-refractivity contribution is 7.12. The number of thiophene rings is 1. The predicted molar refractivity (Wildman–Crippen MR) is 103 cm³/mol. The normalized spacial score (nSPS) is 12.8. The summed E-state index contributed by atoms with van der Waals surface area (Å²) in [6.45, 7) is 2.17. The van der Waals surface area contributed by atoms with Crippen LogP contribution in [-0.2, 0) is 11.2 Å². The Morgan fingerprint density at radius 1 is 1.12 bits per heavy atom. The van der Waals surface area contributed by atoms with Crippen molar-refractivity contribution in [3.05, 3.63) is 28.0 Å². The molecule has 0 aliphatic carbocycles. The zero-order valence-corrected chi connectivity index (χ0v) is 15.7. The summed E-state index contributed by atoms with van der Waals surface area (Å²) in [6, 6.07) is 4.31. The number of aliphatic carboxylic acids is 1. The zero-order chi connectivity index (χ0) is 17.6. The van der Waals surface area contributed by atoms with Gasteiger partial charge in [-0.2, -0.15) is 0 Å². The first-order valence-electron chi connectivity index (χ1n) is 9.28. The number of aliphatic hydroxyl groups is 1. The number of unbranched alkanes of at least 4 members (excludes halogenated alkanes) is 6. The Labute approximate surface area is 150 Å². The van der Waals surface area contributed by atoms with Gasteiger partial charge in [0.1, 0.15) is 0 Å². The van der Waals surface area contributed by atoms with Gasteiger partial charge in [-0.25, -0.2) is 0 Å². The van der Waals surface area contributed by atoms with E-state index in [1.165, 1.54) is 29.0 Å². The van der Waals surface area contributed by atoms with E-state index in [4.69, 9.17) is 5.11 Å². The van der Waals surface area contributed by atoms with Crippen LogP contribution in [0.2, 0.25) is 0 Å². The van der Waals surface area contributed by atoms with Crippen LogP contribution < -0.4 is 0 Å². The minimum Gasteiger partial charge on any atom is -0.481 e. The number of hydrogen-bond acceptors (Lipinski definition) is 3. The molecule has 1 rings (SSSR count). The number of carbonyl (C=O) groups is 1. The molecule has 4 heteroatoms. The Balaban J connectivity index is 2.15. The molecule has 3 nitrogen and oxygen atoms in total. The van der Waals surface area contributed by atoms with E-state index in [-0.39, 0.29) is 6.10 Å². The Hall–Kier alpha value is -1.13. The van der Waals surface area contributed by atoms with Gasteiger partial charge in [-0.1, -0.05) is 51.5 Å². The molecule has 1 aromatic heterocycles. The molecule has 1 atom stereocenters. The summed E-state index contributed by atoms with van der Waals surface area (Å²) in [6.07, 6.45) is 14.6. The first kappa shape index (κ1) is 20.9. The van der Waals surface area contributed by atoms with E-state index < -0.39 is 5.97 Å². The molecule has 0 amide bonds. The number of carboxylic acid groups (broad SMARTS) is 1. The lowest BCUT2D eigenvalue weighted by molar-refractivity contribution is -0.137. The number of hydrogen-bond donors (Lipinski definition) is 2. The fourth-order valence-electron chi connectivity index (χ4n) is 2.63. The highest BCUT2D eigenvalue weighted by Crippen LogP contribution is 2.21. The number of aliphatic hydroxyl groups excluding tert-OH is 1. The van der Waals surface area contributed by atoms with Gasteiger partial charge in [0.2, 0.25) is 0 Å². The summed E-state index contributed by atoms with van der Waals surface area (Å²) in [5.74, 6) is -0.690. The van der Waals surface area contributed by atoms with Crippen LogP contribution in [0.1, 0.15) is 80.9 Å². The van der Waals surface area contributed by atoms with Gasteiger partial charge < -0.3 is 10.2 Å². The summed E-state index contributed by atoms with van der Waals surface area (Å²) < 4.78 is 0. The minimum absolute atomic E-state index is 0.297. The van der Waals surface area contributed by atoms with Gasteiger partial charge in [0.25, 0.3) is 0 Å². The summed E-state index contributed by atoms with van der Waals surface area (Å²) >= 11 is 1.80. The molecule has 24 heavy (non-hydrogen) atoms. The first-order valence-corrected chi connectivity index (χ1v) is 10.1. The van der Waals surface area contributed by atoms with Crippen LogP contribution in [0.4, 0.5) is 0 Å². The van der Waals surface area contributed by atoms with Gasteiger partial charge in [0.15, 0.2) is 0 Å². The van der Waals surface area contributed by atoms with Crippen molar-refractivity contribution >= 4 is 23.4 Å². The molecule has 0 bridgehead atoms. The van der Waals surface area contributed by atoms with Gasteiger partial charge in [0.05, 0.1) is 6.10 Å². The molecule has 0 radical (unpaired) electrons. The van der Waals surface area contributed by atoms with Crippen molar-refractivity contribution in [2.24, 2.45) is 0 Å². The van der Waals surface area contributed by atoms with E-state index in [1.54, 1.807) is 11.3 Å². The van der Waals surface area contributed by atoms with E-state index in [0.29, 0.717) is 6.42 Å². The average molecular weight is 353 g/mol. The summed E-state index contributed by atoms with van der Waals surface area (Å²) in [7, 11) is 0. The molecular weight excluding hydrogens is 320 g/mol. The third-order valence-corrected chi connectivity index (χ3v) is 5.19. The topological polar surface area (TPSA) is 57.5 Å². The smallest absolute Gasteiger partial charge is 0.303 e. The van der Waals surface area contributed by atoms with E-state index in [9.17, 15) is 9.90 Å². The molecular formula is C20H32O3S. The fraction of sp³-hybridized carbons (Fsp3) is 0.650. The largest absolute Gasteiger partial charge is 0.481 e. The van der Waals surface area contributed by atoms with Crippen molar-refractivity contribution in [1.29, 1.82) is 0 Å². The lowest BCUT2D eigenvalue weighted by Crippen LogP contribution is -2.00. The Kier molecular flexibility index (Phi) is 11.5. The maximum absolute atomic E-state index is 10.4.